The molecule has 8 atom stereocenters. The van der Waals surface area contributed by atoms with Crippen LogP contribution in [0, 0.1) is 40.9 Å². The minimum atomic E-state index is -1.92. The average Bonchev–Trinajstić information content (AvgIpc) is 2.90. The largest absolute Gasteiger partial charge is 0.362 e. The first kappa shape index (κ1) is 17.5. The Kier molecular flexibility index (Phi) is 4.39. The molecule has 0 amide bonds. The van der Waals surface area contributed by atoms with Crippen molar-refractivity contribution in [3.05, 3.63) is 0 Å². The summed E-state index contributed by atoms with van der Waals surface area (Å²) in [6.07, 6.45) is 8.41. The van der Waals surface area contributed by atoms with E-state index < -0.39 is 5.85 Å². The predicted octanol–water partition coefficient (Wildman–Crippen LogP) is 4.88. The lowest BCUT2D eigenvalue weighted by Crippen LogP contribution is -2.50. The topological polar surface area (TPSA) is 37.3 Å². The van der Waals surface area contributed by atoms with Crippen LogP contribution < -0.4 is 0 Å². The van der Waals surface area contributed by atoms with E-state index in [0.717, 1.165) is 31.6 Å². The summed E-state index contributed by atoms with van der Waals surface area (Å²) < 4.78 is 14.0. The van der Waals surface area contributed by atoms with Gasteiger partial charge in [0.15, 0.2) is 0 Å². The van der Waals surface area contributed by atoms with E-state index in [1.165, 1.54) is 19.3 Å². The summed E-state index contributed by atoms with van der Waals surface area (Å²) in [6, 6.07) is 0. The smallest absolute Gasteiger partial charge is 0.207 e. The molecule has 4 fully saturated rings. The van der Waals surface area contributed by atoms with E-state index in [2.05, 4.69) is 22.9 Å². The summed E-state index contributed by atoms with van der Waals surface area (Å²) in [5.41, 5.74) is 0.189. The summed E-state index contributed by atoms with van der Waals surface area (Å²) in [7, 11) is 0. The van der Waals surface area contributed by atoms with Gasteiger partial charge in [0.2, 0.25) is 5.85 Å². The number of halogens is 2. The monoisotopic (exact) mass is 400 g/mol. The van der Waals surface area contributed by atoms with Gasteiger partial charge < -0.3 is 5.11 Å². The summed E-state index contributed by atoms with van der Waals surface area (Å²) in [4.78, 5) is 12.4. The number of rotatable bonds is 2. The molecule has 0 heterocycles. The van der Waals surface area contributed by atoms with Gasteiger partial charge >= 0.3 is 0 Å². The molecule has 24 heavy (non-hydrogen) atoms. The minimum absolute atomic E-state index is 0.189. The number of aliphatic hydroxyl groups is 1. The second kappa shape index (κ2) is 6.04. The van der Waals surface area contributed by atoms with Gasteiger partial charge in [-0.1, -0.05) is 22.9 Å². The van der Waals surface area contributed by atoms with Gasteiger partial charge in [0.05, 0.1) is 5.33 Å². The Morgan fingerprint density at radius 3 is 2.58 bits per heavy atom. The first-order valence-corrected chi connectivity index (χ1v) is 11.0. The Balaban J connectivity index is 1.54. The number of hydrogen-bond acceptors (Lipinski definition) is 2. The molecule has 4 aliphatic rings. The molecule has 0 unspecified atom stereocenters. The van der Waals surface area contributed by atoms with Crippen LogP contribution >= 0.6 is 15.9 Å². The Bertz CT molecular complexity index is 522. The lowest BCUT2D eigenvalue weighted by molar-refractivity contribution is -0.165. The zero-order chi connectivity index (χ0) is 17.1. The van der Waals surface area contributed by atoms with E-state index in [1.54, 1.807) is 0 Å². The Morgan fingerprint density at radius 2 is 1.83 bits per heavy atom. The van der Waals surface area contributed by atoms with Crippen molar-refractivity contribution in [3.8, 4) is 0 Å². The molecular formula is C20H30BrFO2. The van der Waals surface area contributed by atoms with Crippen LogP contribution in [0.4, 0.5) is 4.39 Å². The third-order valence-corrected chi connectivity index (χ3v) is 9.03. The molecule has 0 radical (unpaired) electrons. The van der Waals surface area contributed by atoms with Crippen molar-refractivity contribution in [1.82, 2.24) is 0 Å². The van der Waals surface area contributed by atoms with Crippen molar-refractivity contribution in [2.75, 3.05) is 5.33 Å². The van der Waals surface area contributed by atoms with Gasteiger partial charge in [0.25, 0.3) is 0 Å². The van der Waals surface area contributed by atoms with E-state index in [1.807, 2.05) is 0 Å². The number of ketones is 1. The SMILES string of the molecule is C[C@]12CC[C@H]3[C@@H](CC[C@@H]4C[C@@](O)(F)CC[C@@H]43)[C@@H]1CC[C@@H]2C(=O)CBr. The molecule has 4 aliphatic carbocycles. The third kappa shape index (κ3) is 2.62. The van der Waals surface area contributed by atoms with Crippen LogP contribution in [0.15, 0.2) is 0 Å². The van der Waals surface area contributed by atoms with Crippen LogP contribution in [0.25, 0.3) is 0 Å². The summed E-state index contributed by atoms with van der Waals surface area (Å²) in [5.74, 6) is 1.81. The fourth-order valence-corrected chi connectivity index (χ4v) is 7.84. The Morgan fingerprint density at radius 1 is 1.08 bits per heavy atom. The van der Waals surface area contributed by atoms with Crippen LogP contribution in [0.2, 0.25) is 0 Å². The molecule has 136 valence electrons. The summed E-state index contributed by atoms with van der Waals surface area (Å²) in [5, 5.41) is 10.3. The summed E-state index contributed by atoms with van der Waals surface area (Å²) >= 11 is 3.38. The molecule has 0 spiro atoms. The van der Waals surface area contributed by atoms with Gasteiger partial charge in [0, 0.05) is 18.8 Å². The molecular weight excluding hydrogens is 371 g/mol. The second-order valence-corrected chi connectivity index (χ2v) is 9.93. The van der Waals surface area contributed by atoms with Gasteiger partial charge in [-0.25, -0.2) is 4.39 Å². The van der Waals surface area contributed by atoms with Crippen molar-refractivity contribution in [1.29, 1.82) is 0 Å². The van der Waals surface area contributed by atoms with Crippen LogP contribution in [-0.2, 0) is 4.79 Å². The zero-order valence-electron chi connectivity index (χ0n) is 14.6. The van der Waals surface area contributed by atoms with Crippen molar-refractivity contribution in [2.45, 2.75) is 70.6 Å². The number of alkyl halides is 2. The highest BCUT2D eigenvalue weighted by molar-refractivity contribution is 9.09. The second-order valence-electron chi connectivity index (χ2n) is 9.37. The van der Waals surface area contributed by atoms with E-state index >= 15 is 0 Å². The molecule has 4 saturated carbocycles. The Hall–Kier alpha value is 0.0400. The molecule has 0 aliphatic heterocycles. The fraction of sp³-hybridized carbons (Fsp3) is 0.950. The van der Waals surface area contributed by atoms with Crippen LogP contribution in [0.3, 0.4) is 0 Å². The number of carbonyl (C=O) groups excluding carboxylic acids is 1. The number of carbonyl (C=O) groups is 1. The first-order chi connectivity index (χ1) is 11.4. The first-order valence-electron chi connectivity index (χ1n) is 9.86. The van der Waals surface area contributed by atoms with Crippen LogP contribution in [-0.4, -0.2) is 22.1 Å². The lowest BCUT2D eigenvalue weighted by Gasteiger charge is -2.56. The van der Waals surface area contributed by atoms with E-state index in [4.69, 9.17) is 0 Å². The van der Waals surface area contributed by atoms with Gasteiger partial charge in [0.1, 0.15) is 5.78 Å². The van der Waals surface area contributed by atoms with Gasteiger partial charge in [-0.2, -0.15) is 0 Å². The van der Waals surface area contributed by atoms with Crippen LogP contribution in [0.1, 0.15) is 64.7 Å². The molecule has 2 nitrogen and oxygen atoms in total. The molecule has 0 saturated heterocycles. The van der Waals surface area contributed by atoms with Crippen molar-refractivity contribution < 1.29 is 14.3 Å². The molecule has 1 N–H and O–H groups in total. The average molecular weight is 401 g/mol. The lowest BCUT2D eigenvalue weighted by atomic mass is 9.49. The molecule has 0 aromatic carbocycles. The van der Waals surface area contributed by atoms with Crippen LogP contribution in [0.5, 0.6) is 0 Å². The molecule has 4 heteroatoms. The quantitative estimate of drug-likeness (QED) is 0.670. The van der Waals surface area contributed by atoms with Gasteiger partial charge in [-0.15, -0.1) is 0 Å². The van der Waals surface area contributed by atoms with E-state index in [0.29, 0.717) is 47.6 Å². The zero-order valence-corrected chi connectivity index (χ0v) is 16.2. The molecule has 0 aromatic heterocycles. The minimum Gasteiger partial charge on any atom is -0.362 e. The van der Waals surface area contributed by atoms with Crippen molar-refractivity contribution >= 4 is 21.7 Å². The van der Waals surface area contributed by atoms with E-state index in [9.17, 15) is 14.3 Å². The maximum Gasteiger partial charge on any atom is 0.207 e. The molecule has 4 rings (SSSR count). The maximum absolute atomic E-state index is 14.0. The fourth-order valence-electron chi connectivity index (χ4n) is 7.45. The van der Waals surface area contributed by atoms with Crippen molar-refractivity contribution in [3.63, 3.8) is 0 Å². The summed E-state index contributed by atoms with van der Waals surface area (Å²) in [6.45, 7) is 2.37. The predicted molar refractivity (Wildman–Crippen MR) is 95.5 cm³/mol. The molecule has 0 bridgehead atoms. The van der Waals surface area contributed by atoms with Gasteiger partial charge in [-0.3, -0.25) is 4.79 Å². The highest BCUT2D eigenvalue weighted by Gasteiger charge is 2.58. The number of hydrogen-bond donors (Lipinski definition) is 1. The number of Topliss-reactive ketones (excluding diaryl/α,β-unsaturated/α-hetero) is 1. The Labute approximate surface area is 153 Å². The highest BCUT2D eigenvalue weighted by Crippen LogP contribution is 2.64. The highest BCUT2D eigenvalue weighted by atomic mass is 79.9. The van der Waals surface area contributed by atoms with Crippen molar-refractivity contribution in [2.24, 2.45) is 40.9 Å². The molecule has 0 aromatic rings. The standard InChI is InChI=1S/C20H30BrFO2/c1-19-8-6-14-13-7-9-20(22,24)10-12(13)2-3-15(14)16(19)4-5-17(19)18(23)11-21/h12-17,24H,2-11H2,1H3/t12-,13+,14-,15-,16+,17-,19+,20-/m1/s1. The van der Waals surface area contributed by atoms with E-state index in [-0.39, 0.29) is 11.3 Å². The van der Waals surface area contributed by atoms with Gasteiger partial charge in [-0.05, 0) is 80.0 Å². The number of fused-ring (bicyclic) bond motifs is 5. The normalized spacial score (nSPS) is 53.8. The third-order valence-electron chi connectivity index (χ3n) is 8.47. The maximum atomic E-state index is 14.0.